The van der Waals surface area contributed by atoms with E-state index in [1.807, 2.05) is 0 Å². The van der Waals surface area contributed by atoms with Crippen molar-refractivity contribution >= 4 is 0 Å². The van der Waals surface area contributed by atoms with Gasteiger partial charge in [-0.05, 0) is 11.8 Å². The minimum atomic E-state index is 0.315. The maximum absolute atomic E-state index is 5.72. The van der Waals surface area contributed by atoms with Gasteiger partial charge in [-0.15, -0.1) is 0 Å². The van der Waals surface area contributed by atoms with Gasteiger partial charge in [-0.1, -0.05) is 124 Å². The summed E-state index contributed by atoms with van der Waals surface area (Å²) in [5.41, 5.74) is 0.315. The second-order valence-electron chi connectivity index (χ2n) is 8.92. The van der Waals surface area contributed by atoms with Crippen molar-refractivity contribution in [2.45, 2.75) is 130 Å². The molecule has 24 heavy (non-hydrogen) atoms. The molecule has 0 aliphatic heterocycles. The lowest BCUT2D eigenvalue weighted by Crippen LogP contribution is -2.14. The monoisotopic (exact) mass is 340 g/mol. The van der Waals surface area contributed by atoms with Crippen LogP contribution in [-0.4, -0.2) is 13.2 Å². The van der Waals surface area contributed by atoms with Gasteiger partial charge < -0.3 is 4.74 Å². The molecule has 0 spiro atoms. The first-order chi connectivity index (χ1) is 11.6. The fourth-order valence-electron chi connectivity index (χ4n) is 3.13. The van der Waals surface area contributed by atoms with Crippen molar-refractivity contribution in [3.05, 3.63) is 0 Å². The van der Waals surface area contributed by atoms with Gasteiger partial charge in [-0.3, -0.25) is 0 Å². The van der Waals surface area contributed by atoms with E-state index in [0.717, 1.165) is 13.2 Å². The van der Waals surface area contributed by atoms with Crippen molar-refractivity contribution in [2.24, 2.45) is 5.41 Å². The fourth-order valence-corrected chi connectivity index (χ4v) is 3.13. The van der Waals surface area contributed by atoms with Gasteiger partial charge in [-0.2, -0.15) is 0 Å². The highest BCUT2D eigenvalue weighted by atomic mass is 16.5. The fraction of sp³-hybridized carbons (Fsp3) is 1.00. The quantitative estimate of drug-likeness (QED) is 0.228. The molecule has 0 aromatic carbocycles. The maximum Gasteiger partial charge on any atom is 0.0514 e. The van der Waals surface area contributed by atoms with Gasteiger partial charge in [0, 0.05) is 6.61 Å². The molecule has 0 aliphatic rings. The molecule has 1 nitrogen and oxygen atoms in total. The number of rotatable bonds is 18. The molecule has 0 aromatic heterocycles. The van der Waals surface area contributed by atoms with Gasteiger partial charge in [0.2, 0.25) is 0 Å². The van der Waals surface area contributed by atoms with E-state index in [9.17, 15) is 0 Å². The minimum Gasteiger partial charge on any atom is -0.381 e. The Bertz CT molecular complexity index is 229. The van der Waals surface area contributed by atoms with E-state index < -0.39 is 0 Å². The second kappa shape index (κ2) is 17.8. The third-order valence-corrected chi connectivity index (χ3v) is 4.68. The number of unbranched alkanes of at least 4 members (excludes halogenated alkanes) is 15. The normalized spacial score (nSPS) is 12.0. The first-order valence-corrected chi connectivity index (χ1v) is 11.1. The Morgan fingerprint density at radius 1 is 0.500 bits per heavy atom. The van der Waals surface area contributed by atoms with Crippen molar-refractivity contribution in [1.82, 2.24) is 0 Å². The van der Waals surface area contributed by atoms with Crippen molar-refractivity contribution in [3.63, 3.8) is 0 Å². The van der Waals surface area contributed by atoms with Crippen LogP contribution in [0.15, 0.2) is 0 Å². The molecule has 0 saturated heterocycles. The summed E-state index contributed by atoms with van der Waals surface area (Å²) in [4.78, 5) is 0. The molecule has 0 saturated carbocycles. The minimum absolute atomic E-state index is 0.315. The van der Waals surface area contributed by atoms with Crippen LogP contribution >= 0.6 is 0 Å². The lowest BCUT2D eigenvalue weighted by molar-refractivity contribution is 0.0686. The number of hydrogen-bond donors (Lipinski definition) is 0. The first kappa shape index (κ1) is 24.0. The van der Waals surface area contributed by atoms with Crippen LogP contribution in [0, 0.1) is 5.41 Å². The molecule has 146 valence electrons. The Kier molecular flexibility index (Phi) is 17.7. The molecule has 1 heteroatoms. The highest BCUT2D eigenvalue weighted by Gasteiger charge is 2.09. The van der Waals surface area contributed by atoms with E-state index in [-0.39, 0.29) is 0 Å². The van der Waals surface area contributed by atoms with E-state index in [1.165, 1.54) is 103 Å². The van der Waals surface area contributed by atoms with Gasteiger partial charge in [0.15, 0.2) is 0 Å². The van der Waals surface area contributed by atoms with Crippen molar-refractivity contribution in [1.29, 1.82) is 0 Å². The smallest absolute Gasteiger partial charge is 0.0514 e. The Balaban J connectivity index is 3.00. The van der Waals surface area contributed by atoms with Crippen LogP contribution in [0.25, 0.3) is 0 Å². The summed E-state index contributed by atoms with van der Waals surface area (Å²) in [6.45, 7) is 10.9. The summed E-state index contributed by atoms with van der Waals surface area (Å²) in [5.74, 6) is 0. The van der Waals surface area contributed by atoms with Gasteiger partial charge in [-0.25, -0.2) is 0 Å². The van der Waals surface area contributed by atoms with E-state index in [1.54, 1.807) is 0 Å². The van der Waals surface area contributed by atoms with Crippen LogP contribution in [0.1, 0.15) is 130 Å². The Hall–Kier alpha value is -0.0400. The van der Waals surface area contributed by atoms with Crippen molar-refractivity contribution in [3.8, 4) is 0 Å². The summed E-state index contributed by atoms with van der Waals surface area (Å²) in [6, 6.07) is 0. The van der Waals surface area contributed by atoms with E-state index in [2.05, 4.69) is 27.7 Å². The average Bonchev–Trinajstić information content (AvgIpc) is 2.52. The van der Waals surface area contributed by atoms with Gasteiger partial charge in [0.1, 0.15) is 0 Å². The van der Waals surface area contributed by atoms with Gasteiger partial charge in [0.05, 0.1) is 6.61 Å². The zero-order valence-electron chi connectivity index (χ0n) is 17.6. The third kappa shape index (κ3) is 22.0. The Morgan fingerprint density at radius 2 is 0.833 bits per heavy atom. The van der Waals surface area contributed by atoms with Crippen molar-refractivity contribution in [2.75, 3.05) is 13.2 Å². The zero-order chi connectivity index (χ0) is 17.9. The summed E-state index contributed by atoms with van der Waals surface area (Å²) in [6.07, 6.45) is 22.9. The number of hydrogen-bond acceptors (Lipinski definition) is 1. The summed E-state index contributed by atoms with van der Waals surface area (Å²) >= 11 is 0. The molecule has 0 rings (SSSR count). The van der Waals surface area contributed by atoms with Gasteiger partial charge >= 0.3 is 0 Å². The zero-order valence-corrected chi connectivity index (χ0v) is 17.6. The summed E-state index contributed by atoms with van der Waals surface area (Å²) in [5, 5.41) is 0. The lowest BCUT2D eigenvalue weighted by Gasteiger charge is -2.17. The molecule has 0 atom stereocenters. The molecule has 0 aromatic rings. The number of ether oxygens (including phenoxy) is 1. The van der Waals surface area contributed by atoms with E-state index in [0.29, 0.717) is 5.41 Å². The predicted molar refractivity (Wildman–Crippen MR) is 110 cm³/mol. The van der Waals surface area contributed by atoms with E-state index in [4.69, 9.17) is 4.74 Å². The van der Waals surface area contributed by atoms with Crippen LogP contribution in [0.3, 0.4) is 0 Å². The molecule has 0 heterocycles. The summed E-state index contributed by atoms with van der Waals surface area (Å²) < 4.78 is 5.72. The molecular formula is C23H48O. The molecule has 0 amide bonds. The van der Waals surface area contributed by atoms with Crippen molar-refractivity contribution < 1.29 is 4.74 Å². The van der Waals surface area contributed by atoms with E-state index >= 15 is 0 Å². The van der Waals surface area contributed by atoms with Crippen LogP contribution in [0.4, 0.5) is 0 Å². The second-order valence-corrected chi connectivity index (χ2v) is 8.92. The standard InChI is InChI=1S/C23H48O/c1-5-6-7-8-9-10-11-12-13-14-15-16-17-18-19-20-21-24-22-23(2,3)4/h5-22H2,1-4H3. The highest BCUT2D eigenvalue weighted by molar-refractivity contribution is 4.58. The molecule has 0 radical (unpaired) electrons. The molecule has 0 aliphatic carbocycles. The topological polar surface area (TPSA) is 9.23 Å². The largest absolute Gasteiger partial charge is 0.381 e. The lowest BCUT2D eigenvalue weighted by atomic mass is 9.99. The Morgan fingerprint density at radius 3 is 1.17 bits per heavy atom. The summed E-state index contributed by atoms with van der Waals surface area (Å²) in [7, 11) is 0. The highest BCUT2D eigenvalue weighted by Crippen LogP contribution is 2.15. The van der Waals surface area contributed by atoms with Gasteiger partial charge in [0.25, 0.3) is 0 Å². The molecular weight excluding hydrogens is 292 g/mol. The Labute approximate surface area is 154 Å². The van der Waals surface area contributed by atoms with Crippen LogP contribution in [0.5, 0.6) is 0 Å². The molecule has 0 unspecified atom stereocenters. The first-order valence-electron chi connectivity index (χ1n) is 11.1. The molecule has 0 N–H and O–H groups in total. The average molecular weight is 341 g/mol. The maximum atomic E-state index is 5.72. The predicted octanol–water partition coefficient (Wildman–Crippen LogP) is 8.31. The van der Waals surface area contributed by atoms with Crippen LogP contribution < -0.4 is 0 Å². The third-order valence-electron chi connectivity index (χ3n) is 4.68. The SMILES string of the molecule is CCCCCCCCCCCCCCCCCCOCC(C)(C)C. The molecule has 0 fully saturated rings. The van der Waals surface area contributed by atoms with Crippen LogP contribution in [-0.2, 0) is 4.74 Å². The van der Waals surface area contributed by atoms with Crippen LogP contribution in [0.2, 0.25) is 0 Å². The molecule has 0 bridgehead atoms.